The minimum absolute atomic E-state index is 0.0300. The number of hydrogen-bond donors (Lipinski definition) is 1. The molecule has 1 amide bonds. The van der Waals surface area contributed by atoms with Crippen molar-refractivity contribution < 1.29 is 19.4 Å². The smallest absolute Gasteiger partial charge is 0.323 e. The maximum atomic E-state index is 13.4. The van der Waals surface area contributed by atoms with Gasteiger partial charge >= 0.3 is 5.97 Å². The Balaban J connectivity index is 1.52. The zero-order chi connectivity index (χ0) is 26.0. The van der Waals surface area contributed by atoms with Crippen LogP contribution in [0.1, 0.15) is 59.3 Å². The lowest BCUT2D eigenvalue weighted by Gasteiger charge is -2.24. The number of benzene rings is 3. The molecule has 1 atom stereocenters. The van der Waals surface area contributed by atoms with Gasteiger partial charge in [0.15, 0.2) is 0 Å². The minimum Gasteiger partial charge on any atom is -0.487 e. The summed E-state index contributed by atoms with van der Waals surface area (Å²) in [6.45, 7) is 5.99. The van der Waals surface area contributed by atoms with E-state index in [1.54, 1.807) is 36.4 Å². The van der Waals surface area contributed by atoms with Gasteiger partial charge in [-0.2, -0.15) is 0 Å². The van der Waals surface area contributed by atoms with Crippen molar-refractivity contribution in [1.82, 2.24) is 4.90 Å². The number of rotatable bonds is 8. The first-order valence-electron chi connectivity index (χ1n) is 11.9. The fraction of sp³-hybridized carbons (Fsp3) is 0.310. The van der Waals surface area contributed by atoms with E-state index < -0.39 is 24.0 Å². The lowest BCUT2D eigenvalue weighted by Crippen LogP contribution is -2.35. The fourth-order valence-electron chi connectivity index (χ4n) is 4.63. The number of hydrogen-bond acceptors (Lipinski definition) is 3. The van der Waals surface area contributed by atoms with E-state index in [1.165, 1.54) is 16.0 Å². The molecule has 3 aromatic rings. The van der Waals surface area contributed by atoms with Gasteiger partial charge in [0.05, 0.1) is 10.0 Å². The van der Waals surface area contributed by atoms with Gasteiger partial charge in [-0.15, -0.1) is 0 Å². The SMILES string of the molecule is CC(C)c1ccc(C[C@]2(C)Cc3cc(C(=O)N(CC(=O)O)Cc4cccc(Cl)c4Cl)ccc3O2)cc1. The average molecular weight is 526 g/mol. The highest BCUT2D eigenvalue weighted by molar-refractivity contribution is 6.42. The summed E-state index contributed by atoms with van der Waals surface area (Å²) in [6, 6.07) is 19.0. The van der Waals surface area contributed by atoms with Crippen molar-refractivity contribution in [2.45, 2.75) is 51.7 Å². The number of ether oxygens (including phenoxy) is 1. The van der Waals surface area contributed by atoms with Crippen LogP contribution in [0, 0.1) is 0 Å². The van der Waals surface area contributed by atoms with Gasteiger partial charge < -0.3 is 14.7 Å². The van der Waals surface area contributed by atoms with Gasteiger partial charge in [0.1, 0.15) is 17.9 Å². The number of carboxylic acids is 1. The molecule has 0 saturated heterocycles. The summed E-state index contributed by atoms with van der Waals surface area (Å²) < 4.78 is 6.31. The first kappa shape index (κ1) is 26.1. The lowest BCUT2D eigenvalue weighted by atomic mass is 9.90. The predicted molar refractivity (Wildman–Crippen MR) is 142 cm³/mol. The number of carbonyl (C=O) groups is 2. The summed E-state index contributed by atoms with van der Waals surface area (Å²) in [7, 11) is 0. The van der Waals surface area contributed by atoms with Crippen molar-refractivity contribution in [2.75, 3.05) is 6.54 Å². The summed E-state index contributed by atoms with van der Waals surface area (Å²) in [5, 5.41) is 10.1. The van der Waals surface area contributed by atoms with E-state index >= 15 is 0 Å². The molecule has 0 aromatic heterocycles. The third-order valence-corrected chi connectivity index (χ3v) is 7.32. The summed E-state index contributed by atoms with van der Waals surface area (Å²) in [5.74, 6) is -0.278. The third-order valence-electron chi connectivity index (χ3n) is 6.46. The Morgan fingerprint density at radius 1 is 1.08 bits per heavy atom. The molecule has 1 N–H and O–H groups in total. The minimum atomic E-state index is -1.11. The third kappa shape index (κ3) is 5.85. The first-order chi connectivity index (χ1) is 17.0. The van der Waals surface area contributed by atoms with Crippen molar-refractivity contribution in [1.29, 1.82) is 0 Å². The molecule has 1 aliphatic heterocycles. The Morgan fingerprint density at radius 3 is 2.47 bits per heavy atom. The van der Waals surface area contributed by atoms with E-state index in [9.17, 15) is 14.7 Å². The van der Waals surface area contributed by atoms with Crippen molar-refractivity contribution in [3.8, 4) is 5.75 Å². The Hall–Kier alpha value is -3.02. The molecule has 4 rings (SSSR count). The monoisotopic (exact) mass is 525 g/mol. The highest BCUT2D eigenvalue weighted by Gasteiger charge is 2.35. The molecular formula is C29H29Cl2NO4. The molecule has 0 unspecified atom stereocenters. The molecule has 36 heavy (non-hydrogen) atoms. The van der Waals surface area contributed by atoms with E-state index in [4.69, 9.17) is 27.9 Å². The Labute approximate surface area is 221 Å². The molecule has 3 aromatic carbocycles. The predicted octanol–water partition coefficient (Wildman–Crippen LogP) is 6.78. The molecule has 0 saturated carbocycles. The van der Waals surface area contributed by atoms with Gasteiger partial charge in [0.25, 0.3) is 5.91 Å². The number of carbonyl (C=O) groups excluding carboxylic acids is 1. The van der Waals surface area contributed by atoms with Crippen LogP contribution >= 0.6 is 23.2 Å². The van der Waals surface area contributed by atoms with Gasteiger partial charge in [0, 0.05) is 24.9 Å². The van der Waals surface area contributed by atoms with Crippen molar-refractivity contribution in [3.05, 3.63) is 98.5 Å². The summed E-state index contributed by atoms with van der Waals surface area (Å²) >= 11 is 12.4. The number of halogens is 2. The van der Waals surface area contributed by atoms with Crippen LogP contribution in [0.2, 0.25) is 10.0 Å². The van der Waals surface area contributed by atoms with Crippen molar-refractivity contribution in [2.24, 2.45) is 0 Å². The lowest BCUT2D eigenvalue weighted by molar-refractivity contribution is -0.137. The topological polar surface area (TPSA) is 66.8 Å². The number of nitrogens with zero attached hydrogens (tertiary/aromatic N) is 1. The van der Waals surface area contributed by atoms with Gasteiger partial charge in [-0.25, -0.2) is 0 Å². The zero-order valence-corrected chi connectivity index (χ0v) is 22.1. The molecule has 1 aliphatic rings. The normalized spacial score (nSPS) is 16.5. The van der Waals surface area contributed by atoms with Crippen molar-refractivity contribution in [3.63, 3.8) is 0 Å². The van der Waals surface area contributed by atoms with Gasteiger partial charge in [-0.05, 0) is 59.4 Å². The van der Waals surface area contributed by atoms with Crippen LogP contribution in [0.4, 0.5) is 0 Å². The first-order valence-corrected chi connectivity index (χ1v) is 12.6. The Kier molecular flexibility index (Phi) is 7.62. The van der Waals surface area contributed by atoms with Crippen molar-refractivity contribution >= 4 is 35.1 Å². The van der Waals surface area contributed by atoms with Crippen LogP contribution in [0.3, 0.4) is 0 Å². The summed E-state index contributed by atoms with van der Waals surface area (Å²) in [4.78, 5) is 26.1. The maximum Gasteiger partial charge on any atom is 0.323 e. The molecule has 0 fully saturated rings. The van der Waals surface area contributed by atoms with Gasteiger partial charge in [-0.1, -0.05) is 73.4 Å². The standard InChI is InChI=1S/C29H29Cl2NO4/c1-18(2)20-9-7-19(8-10-20)14-29(3)15-23-13-21(11-12-25(23)36-29)28(35)32(17-26(33)34)16-22-5-4-6-24(30)27(22)31/h4-13,18H,14-17H2,1-3H3,(H,33,34)/t29-/m1/s1. The largest absolute Gasteiger partial charge is 0.487 e. The number of aliphatic carboxylic acids is 1. The van der Waals surface area contributed by atoms with Crippen LogP contribution in [-0.4, -0.2) is 34.0 Å². The number of fused-ring (bicyclic) bond motifs is 1. The van der Waals surface area contributed by atoms with E-state index in [0.717, 1.165) is 17.7 Å². The molecule has 188 valence electrons. The summed E-state index contributed by atoms with van der Waals surface area (Å²) in [6.07, 6.45) is 1.39. The summed E-state index contributed by atoms with van der Waals surface area (Å²) in [5.41, 5.74) is 3.97. The highest BCUT2D eigenvalue weighted by atomic mass is 35.5. The average Bonchev–Trinajstić information content (AvgIpc) is 3.15. The van der Waals surface area contributed by atoms with Gasteiger partial charge in [0.2, 0.25) is 0 Å². The van der Waals surface area contributed by atoms with Crippen LogP contribution in [0.25, 0.3) is 0 Å². The second-order valence-corrected chi connectivity index (χ2v) is 10.7. The zero-order valence-electron chi connectivity index (χ0n) is 20.6. The second kappa shape index (κ2) is 10.5. The highest BCUT2D eigenvalue weighted by Crippen LogP contribution is 2.38. The van der Waals surface area contributed by atoms with Crippen LogP contribution < -0.4 is 4.74 Å². The number of carboxylic acid groups (broad SMARTS) is 1. The van der Waals surface area contributed by atoms with Gasteiger partial charge in [-0.3, -0.25) is 9.59 Å². The van der Waals surface area contributed by atoms with E-state index in [0.29, 0.717) is 33.5 Å². The molecular weight excluding hydrogens is 497 g/mol. The molecule has 5 nitrogen and oxygen atoms in total. The van der Waals surface area contributed by atoms with E-state index in [-0.39, 0.29) is 6.54 Å². The number of amides is 1. The molecule has 0 spiro atoms. The van der Waals surface area contributed by atoms with E-state index in [2.05, 4.69) is 45.0 Å². The van der Waals surface area contributed by atoms with Crippen LogP contribution in [0.15, 0.2) is 60.7 Å². The van der Waals surface area contributed by atoms with Crippen LogP contribution in [-0.2, 0) is 24.2 Å². The molecule has 0 radical (unpaired) electrons. The quantitative estimate of drug-likeness (QED) is 0.352. The maximum absolute atomic E-state index is 13.4. The van der Waals surface area contributed by atoms with Crippen LogP contribution in [0.5, 0.6) is 5.75 Å². The Bertz CT molecular complexity index is 1290. The van der Waals surface area contributed by atoms with E-state index in [1.807, 2.05) is 0 Å². The fourth-order valence-corrected chi connectivity index (χ4v) is 5.01. The molecule has 0 aliphatic carbocycles. The molecule has 7 heteroatoms. The Morgan fingerprint density at radius 2 is 1.81 bits per heavy atom. The molecule has 0 bridgehead atoms. The second-order valence-electron chi connectivity index (χ2n) is 9.89. The molecule has 1 heterocycles.